The van der Waals surface area contributed by atoms with E-state index in [9.17, 15) is 5.21 Å². The molecule has 0 heterocycles. The van der Waals surface area contributed by atoms with E-state index in [1.165, 1.54) is 0 Å². The molecule has 0 spiro atoms. The number of anilines is 1. The van der Waals surface area contributed by atoms with Gasteiger partial charge in [-0.15, -0.1) is 0 Å². The van der Waals surface area contributed by atoms with Crippen molar-refractivity contribution < 1.29 is 0 Å². The monoisotopic (exact) mass is 136 g/mol. The Morgan fingerprint density at radius 1 is 1.30 bits per heavy atom. The van der Waals surface area contributed by atoms with Crippen LogP contribution in [0, 0.1) is 10.7 Å². The summed E-state index contributed by atoms with van der Waals surface area (Å²) in [5.41, 5.74) is 6.76. The number of benzene rings is 1. The van der Waals surface area contributed by atoms with Gasteiger partial charge in [0.2, 0.25) is 0 Å². The van der Waals surface area contributed by atoms with Crippen LogP contribution in [0.3, 0.4) is 0 Å². The first-order valence-electron chi connectivity index (χ1n) is 2.74. The van der Waals surface area contributed by atoms with Gasteiger partial charge in [0.15, 0.2) is 0 Å². The number of nitrogens with zero attached hydrogens (tertiary/aromatic N) is 2. The lowest BCUT2D eigenvalue weighted by Gasteiger charge is -2.20. The normalized spacial score (nSPS) is 8.90. The minimum atomic E-state index is 0.250. The van der Waals surface area contributed by atoms with Crippen molar-refractivity contribution in [2.45, 2.75) is 0 Å². The molecule has 0 aliphatic carbocycles. The highest BCUT2D eigenvalue weighted by atomic mass is 16.5. The van der Waals surface area contributed by atoms with Gasteiger partial charge in [-0.3, -0.25) is 0 Å². The van der Waals surface area contributed by atoms with Crippen LogP contribution >= 0.6 is 0 Å². The molecule has 1 rings (SSSR count). The van der Waals surface area contributed by atoms with Gasteiger partial charge in [-0.1, -0.05) is 23.4 Å². The van der Waals surface area contributed by atoms with Crippen LogP contribution in [0.15, 0.2) is 35.6 Å². The number of para-hydroxylation sites is 1. The molecule has 52 valence electrons. The predicted molar refractivity (Wildman–Crippen MR) is 37.4 cm³/mol. The van der Waals surface area contributed by atoms with E-state index < -0.39 is 0 Å². The summed E-state index contributed by atoms with van der Waals surface area (Å²) in [4.78, 5) is 0. The van der Waals surface area contributed by atoms with Crippen molar-refractivity contribution in [2.24, 2.45) is 5.22 Å². The fraction of sp³-hybridized carbons (Fsp3) is 0. The summed E-state index contributed by atoms with van der Waals surface area (Å²) >= 11 is 0. The first-order chi connectivity index (χ1) is 4.84. The smallest absolute Gasteiger partial charge is 0.0484 e. The fourth-order valence-electron chi connectivity index (χ4n) is 0.613. The summed E-state index contributed by atoms with van der Waals surface area (Å²) in [5, 5.41) is 13.5. The van der Waals surface area contributed by atoms with Crippen LogP contribution in [0.2, 0.25) is 0 Å². The molecule has 0 fully saturated rings. The third-order valence-corrected chi connectivity index (χ3v) is 1.07. The number of rotatable bonds is 2. The second-order valence-electron chi connectivity index (χ2n) is 1.71. The van der Waals surface area contributed by atoms with Crippen molar-refractivity contribution in [1.82, 2.24) is 0 Å². The number of hydrogen-bond acceptors (Lipinski definition) is 3. The number of hydrogen-bond donors (Lipinski definition) is 1. The molecule has 1 aromatic carbocycles. The molecule has 0 radical (unpaired) electrons. The minimum Gasteiger partial charge on any atom is -0.736 e. The van der Waals surface area contributed by atoms with Gasteiger partial charge >= 0.3 is 0 Å². The first kappa shape index (κ1) is 6.70. The largest absolute Gasteiger partial charge is 0.736 e. The molecule has 1 aromatic rings. The predicted octanol–water partition coefficient (Wildman–Crippen LogP) is 1.94. The van der Waals surface area contributed by atoms with Gasteiger partial charge in [0.05, 0.1) is 0 Å². The van der Waals surface area contributed by atoms with Crippen molar-refractivity contribution in [1.29, 1.82) is 5.53 Å². The van der Waals surface area contributed by atoms with Gasteiger partial charge in [0.1, 0.15) is 0 Å². The van der Waals surface area contributed by atoms with E-state index in [-0.39, 0.29) is 5.17 Å². The molecule has 1 N–H and O–H groups in total. The molecule has 0 atom stereocenters. The Hall–Kier alpha value is -1.42. The third-order valence-electron chi connectivity index (χ3n) is 1.07. The van der Waals surface area contributed by atoms with Crippen LogP contribution in [0.5, 0.6) is 0 Å². The lowest BCUT2D eigenvalue weighted by Crippen LogP contribution is -2.02. The molecular weight excluding hydrogens is 130 g/mol. The zero-order valence-corrected chi connectivity index (χ0v) is 5.19. The summed E-state index contributed by atoms with van der Waals surface area (Å²) in [5.74, 6) is 0. The molecule has 0 saturated heterocycles. The van der Waals surface area contributed by atoms with Crippen LogP contribution < -0.4 is 5.17 Å². The maximum atomic E-state index is 10.6. The van der Waals surface area contributed by atoms with Crippen LogP contribution in [-0.4, -0.2) is 0 Å². The first-order valence-corrected chi connectivity index (χ1v) is 2.74. The van der Waals surface area contributed by atoms with Crippen molar-refractivity contribution in [3.63, 3.8) is 0 Å². The van der Waals surface area contributed by atoms with E-state index >= 15 is 0 Å². The summed E-state index contributed by atoms with van der Waals surface area (Å²) < 4.78 is 0. The molecular formula is C6H6N3O-. The molecule has 0 amide bonds. The van der Waals surface area contributed by atoms with Crippen LogP contribution in [0.4, 0.5) is 5.69 Å². The highest BCUT2D eigenvalue weighted by Gasteiger charge is 1.87. The molecule has 0 unspecified atom stereocenters. The zero-order valence-electron chi connectivity index (χ0n) is 5.19. The van der Waals surface area contributed by atoms with E-state index in [1.54, 1.807) is 30.3 Å². The quantitative estimate of drug-likeness (QED) is 0.498. The molecule has 0 saturated carbocycles. The lowest BCUT2D eigenvalue weighted by atomic mass is 10.3. The van der Waals surface area contributed by atoms with Gasteiger partial charge in [0, 0.05) is 5.69 Å². The maximum absolute atomic E-state index is 10.6. The Kier molecular flexibility index (Phi) is 1.96. The van der Waals surface area contributed by atoms with Gasteiger partial charge in [-0.25, -0.2) is 0 Å². The summed E-state index contributed by atoms with van der Waals surface area (Å²) in [6.45, 7) is 0. The molecule has 4 heteroatoms. The molecule has 0 aromatic heterocycles. The van der Waals surface area contributed by atoms with Crippen molar-refractivity contribution in [3.8, 4) is 0 Å². The molecule has 0 bridgehead atoms. The topological polar surface area (TPSA) is 62.5 Å². The summed E-state index contributed by atoms with van der Waals surface area (Å²) in [6, 6.07) is 8.40. The summed E-state index contributed by atoms with van der Waals surface area (Å²) in [6.07, 6.45) is 0. The van der Waals surface area contributed by atoms with Crippen LogP contribution in [-0.2, 0) is 0 Å². The minimum absolute atomic E-state index is 0.250. The summed E-state index contributed by atoms with van der Waals surface area (Å²) in [7, 11) is 0. The Balaban J connectivity index is 2.84. The van der Waals surface area contributed by atoms with E-state index in [1.807, 2.05) is 0 Å². The maximum Gasteiger partial charge on any atom is 0.0484 e. The van der Waals surface area contributed by atoms with Gasteiger partial charge in [-0.05, 0) is 12.1 Å². The Labute approximate surface area is 58.1 Å². The Morgan fingerprint density at radius 2 is 1.90 bits per heavy atom. The Bertz CT molecular complexity index is 211. The van der Waals surface area contributed by atoms with E-state index in [2.05, 4.69) is 5.22 Å². The molecule has 0 aliphatic rings. The molecule has 4 nitrogen and oxygen atoms in total. The van der Waals surface area contributed by atoms with Crippen LogP contribution in [0.1, 0.15) is 0 Å². The lowest BCUT2D eigenvalue weighted by molar-refractivity contribution is 0.919. The third kappa shape index (κ3) is 1.29. The van der Waals surface area contributed by atoms with Gasteiger partial charge in [0.25, 0.3) is 0 Å². The number of nitrogens with one attached hydrogen (secondary N) is 1. The van der Waals surface area contributed by atoms with Gasteiger partial charge < -0.3 is 10.4 Å². The highest BCUT2D eigenvalue weighted by molar-refractivity contribution is 5.45. The standard InChI is InChI=1S/C6H6N3O/c7-8-9(10)6-4-2-1-3-5-6/h1-5,7H/q-1. The van der Waals surface area contributed by atoms with E-state index in [0.29, 0.717) is 5.69 Å². The van der Waals surface area contributed by atoms with Crippen LogP contribution in [0.25, 0.3) is 0 Å². The van der Waals surface area contributed by atoms with Crippen molar-refractivity contribution in [3.05, 3.63) is 35.5 Å². The van der Waals surface area contributed by atoms with E-state index in [0.717, 1.165) is 0 Å². The van der Waals surface area contributed by atoms with Gasteiger partial charge in [-0.2, -0.15) is 5.53 Å². The van der Waals surface area contributed by atoms with Crippen molar-refractivity contribution in [2.75, 3.05) is 5.17 Å². The molecule has 10 heavy (non-hydrogen) atoms. The SMILES string of the molecule is N=NN([O-])c1ccccc1. The fourth-order valence-corrected chi connectivity index (χ4v) is 0.613. The van der Waals surface area contributed by atoms with Crippen molar-refractivity contribution >= 4 is 5.69 Å². The second kappa shape index (κ2) is 2.93. The highest BCUT2D eigenvalue weighted by Crippen LogP contribution is 2.10. The second-order valence-corrected chi connectivity index (χ2v) is 1.71. The Morgan fingerprint density at radius 3 is 2.40 bits per heavy atom. The molecule has 0 aliphatic heterocycles. The average molecular weight is 136 g/mol. The van der Waals surface area contributed by atoms with E-state index in [4.69, 9.17) is 5.53 Å². The zero-order chi connectivity index (χ0) is 7.40. The average Bonchev–Trinajstić information content (AvgIpc) is 2.05.